The molecular formula is C10H6F2N4O3. The van der Waals surface area contributed by atoms with Crippen LogP contribution in [0, 0.1) is 21.7 Å². The van der Waals surface area contributed by atoms with Crippen molar-refractivity contribution in [3.8, 4) is 0 Å². The number of halogens is 2. The number of H-pyrrole nitrogens is 1. The smallest absolute Gasteiger partial charge is 0.285 e. The maximum absolute atomic E-state index is 13.1. The van der Waals surface area contributed by atoms with Crippen molar-refractivity contribution in [1.29, 1.82) is 0 Å². The van der Waals surface area contributed by atoms with E-state index in [-0.39, 0.29) is 5.69 Å². The summed E-state index contributed by atoms with van der Waals surface area (Å²) in [6.45, 7) is 0. The molecule has 7 nitrogen and oxygen atoms in total. The molecule has 0 aliphatic rings. The Morgan fingerprint density at radius 3 is 2.63 bits per heavy atom. The molecule has 98 valence electrons. The van der Waals surface area contributed by atoms with Crippen molar-refractivity contribution in [3.05, 3.63) is 51.8 Å². The zero-order valence-electron chi connectivity index (χ0n) is 9.18. The SMILES string of the molecule is O=C(Nc1cn[nH]c1)c1cc(F)c(F)cc1[N+](=O)[O-]. The maximum Gasteiger partial charge on any atom is 0.285 e. The molecule has 1 heterocycles. The molecule has 1 aromatic carbocycles. The highest BCUT2D eigenvalue weighted by atomic mass is 19.2. The topological polar surface area (TPSA) is 101 Å². The van der Waals surface area contributed by atoms with E-state index in [4.69, 9.17) is 0 Å². The quantitative estimate of drug-likeness (QED) is 0.655. The third-order valence-electron chi connectivity index (χ3n) is 2.24. The number of hydrogen-bond donors (Lipinski definition) is 2. The van der Waals surface area contributed by atoms with Crippen LogP contribution in [0.15, 0.2) is 24.5 Å². The standard InChI is InChI=1S/C10H6F2N4O3/c11-7-1-6(9(16(18)19)2-8(7)12)10(17)15-5-3-13-14-4-5/h1-4H,(H,13,14)(H,15,17). The minimum Gasteiger partial charge on any atom is -0.319 e. The number of aromatic amines is 1. The first-order valence-corrected chi connectivity index (χ1v) is 4.92. The second-order valence-electron chi connectivity index (χ2n) is 3.48. The Labute approximate surface area is 104 Å². The van der Waals surface area contributed by atoms with E-state index in [9.17, 15) is 23.7 Å². The van der Waals surface area contributed by atoms with Crippen LogP contribution in [-0.4, -0.2) is 21.0 Å². The first-order valence-electron chi connectivity index (χ1n) is 4.92. The molecule has 0 saturated carbocycles. The molecule has 0 spiro atoms. The molecule has 0 atom stereocenters. The molecule has 0 fully saturated rings. The van der Waals surface area contributed by atoms with Gasteiger partial charge in [0.05, 0.1) is 22.9 Å². The van der Waals surface area contributed by atoms with Crippen molar-refractivity contribution in [2.75, 3.05) is 5.32 Å². The first-order chi connectivity index (χ1) is 8.99. The third-order valence-corrected chi connectivity index (χ3v) is 2.24. The molecule has 0 radical (unpaired) electrons. The lowest BCUT2D eigenvalue weighted by Gasteiger charge is -2.04. The number of aromatic nitrogens is 2. The molecule has 0 unspecified atom stereocenters. The maximum atomic E-state index is 13.1. The highest BCUT2D eigenvalue weighted by Gasteiger charge is 2.24. The number of hydrogen-bond acceptors (Lipinski definition) is 4. The highest BCUT2D eigenvalue weighted by Crippen LogP contribution is 2.23. The van der Waals surface area contributed by atoms with Gasteiger partial charge in [0.1, 0.15) is 5.56 Å². The Morgan fingerprint density at radius 2 is 2.05 bits per heavy atom. The van der Waals surface area contributed by atoms with E-state index in [1.807, 2.05) is 0 Å². The van der Waals surface area contributed by atoms with Crippen molar-refractivity contribution >= 4 is 17.3 Å². The number of nitrogens with one attached hydrogen (secondary N) is 2. The van der Waals surface area contributed by atoms with E-state index in [0.29, 0.717) is 12.1 Å². The number of rotatable bonds is 3. The van der Waals surface area contributed by atoms with Crippen LogP contribution in [-0.2, 0) is 0 Å². The molecular weight excluding hydrogens is 262 g/mol. The molecule has 0 aliphatic heterocycles. The Bertz CT molecular complexity index is 642. The van der Waals surface area contributed by atoms with Crippen molar-refractivity contribution in [3.63, 3.8) is 0 Å². The van der Waals surface area contributed by atoms with Crippen molar-refractivity contribution < 1.29 is 18.5 Å². The Morgan fingerprint density at radius 1 is 1.37 bits per heavy atom. The van der Waals surface area contributed by atoms with Crippen LogP contribution in [0.3, 0.4) is 0 Å². The summed E-state index contributed by atoms with van der Waals surface area (Å²) >= 11 is 0. The van der Waals surface area contributed by atoms with Crippen molar-refractivity contribution in [1.82, 2.24) is 10.2 Å². The molecule has 0 aliphatic carbocycles. The third kappa shape index (κ3) is 2.54. The van der Waals surface area contributed by atoms with Crippen LogP contribution in [0.25, 0.3) is 0 Å². The second kappa shape index (κ2) is 4.80. The molecule has 1 aromatic heterocycles. The van der Waals surface area contributed by atoms with Gasteiger partial charge in [-0.1, -0.05) is 0 Å². The molecule has 9 heteroatoms. The van der Waals surface area contributed by atoms with Crippen LogP contribution in [0.4, 0.5) is 20.2 Å². The number of nitro groups is 1. The fourth-order valence-electron chi connectivity index (χ4n) is 1.39. The van der Waals surface area contributed by atoms with Gasteiger partial charge in [-0.3, -0.25) is 20.0 Å². The molecule has 2 aromatic rings. The number of nitrogens with zero attached hydrogens (tertiary/aromatic N) is 2. The number of carbonyl (C=O) groups is 1. The van der Waals surface area contributed by atoms with Gasteiger partial charge in [-0.05, 0) is 6.07 Å². The number of nitro benzene ring substituents is 1. The van der Waals surface area contributed by atoms with Crippen LogP contribution >= 0.6 is 0 Å². The lowest BCUT2D eigenvalue weighted by molar-refractivity contribution is -0.385. The average Bonchev–Trinajstić information content (AvgIpc) is 2.84. The Balaban J connectivity index is 2.40. The van der Waals surface area contributed by atoms with Gasteiger partial charge in [0, 0.05) is 6.20 Å². The Kier molecular flexibility index (Phi) is 3.19. The molecule has 0 saturated heterocycles. The van der Waals surface area contributed by atoms with E-state index in [2.05, 4.69) is 15.5 Å². The molecule has 2 rings (SSSR count). The highest BCUT2D eigenvalue weighted by molar-refractivity contribution is 6.06. The Hall–Kier alpha value is -2.84. The summed E-state index contributed by atoms with van der Waals surface area (Å²) in [5, 5.41) is 18.9. The number of benzene rings is 1. The lowest BCUT2D eigenvalue weighted by Crippen LogP contribution is -2.14. The van der Waals surface area contributed by atoms with E-state index in [0.717, 1.165) is 0 Å². The normalized spacial score (nSPS) is 10.2. The first kappa shape index (κ1) is 12.6. The van der Waals surface area contributed by atoms with Crippen molar-refractivity contribution in [2.45, 2.75) is 0 Å². The summed E-state index contributed by atoms with van der Waals surface area (Å²) < 4.78 is 26.0. The summed E-state index contributed by atoms with van der Waals surface area (Å²) in [4.78, 5) is 21.5. The molecule has 19 heavy (non-hydrogen) atoms. The molecule has 0 bridgehead atoms. The van der Waals surface area contributed by atoms with Crippen LogP contribution in [0.2, 0.25) is 0 Å². The van der Waals surface area contributed by atoms with E-state index in [1.165, 1.54) is 12.4 Å². The van der Waals surface area contributed by atoms with Gasteiger partial charge in [0.25, 0.3) is 11.6 Å². The summed E-state index contributed by atoms with van der Waals surface area (Å²) in [7, 11) is 0. The van der Waals surface area contributed by atoms with Crippen molar-refractivity contribution in [2.24, 2.45) is 0 Å². The van der Waals surface area contributed by atoms with Gasteiger partial charge in [-0.15, -0.1) is 0 Å². The minimum absolute atomic E-state index is 0.240. The van der Waals surface area contributed by atoms with E-state index in [1.54, 1.807) is 0 Å². The van der Waals surface area contributed by atoms with E-state index < -0.39 is 33.7 Å². The van der Waals surface area contributed by atoms with Crippen LogP contribution in [0.5, 0.6) is 0 Å². The summed E-state index contributed by atoms with van der Waals surface area (Å²) in [6, 6.07) is 0.836. The van der Waals surface area contributed by atoms with Crippen LogP contribution < -0.4 is 5.32 Å². The van der Waals surface area contributed by atoms with Gasteiger partial charge in [0.2, 0.25) is 0 Å². The minimum atomic E-state index is -1.40. The van der Waals surface area contributed by atoms with Gasteiger partial charge >= 0.3 is 0 Å². The largest absolute Gasteiger partial charge is 0.319 e. The van der Waals surface area contributed by atoms with E-state index >= 15 is 0 Å². The van der Waals surface area contributed by atoms with Gasteiger partial charge in [0.15, 0.2) is 11.6 Å². The fraction of sp³-hybridized carbons (Fsp3) is 0. The molecule has 2 N–H and O–H groups in total. The lowest BCUT2D eigenvalue weighted by atomic mass is 10.1. The molecule has 1 amide bonds. The predicted octanol–water partition coefficient (Wildman–Crippen LogP) is 1.85. The van der Waals surface area contributed by atoms with Gasteiger partial charge in [-0.25, -0.2) is 8.78 Å². The van der Waals surface area contributed by atoms with Gasteiger partial charge in [-0.2, -0.15) is 5.10 Å². The average molecular weight is 268 g/mol. The number of carbonyl (C=O) groups excluding carboxylic acids is 1. The predicted molar refractivity (Wildman–Crippen MR) is 59.6 cm³/mol. The zero-order valence-corrected chi connectivity index (χ0v) is 9.18. The number of anilines is 1. The summed E-state index contributed by atoms with van der Waals surface area (Å²) in [6.07, 6.45) is 2.58. The number of amides is 1. The second-order valence-corrected chi connectivity index (χ2v) is 3.48. The van der Waals surface area contributed by atoms with Crippen LogP contribution in [0.1, 0.15) is 10.4 Å². The van der Waals surface area contributed by atoms with Gasteiger partial charge < -0.3 is 5.32 Å². The summed E-state index contributed by atoms with van der Waals surface area (Å²) in [5.74, 6) is -3.68. The zero-order chi connectivity index (χ0) is 14.0. The monoisotopic (exact) mass is 268 g/mol. The summed E-state index contributed by atoms with van der Waals surface area (Å²) in [5.41, 5.74) is -1.16. The fourth-order valence-corrected chi connectivity index (χ4v) is 1.39.